The van der Waals surface area contributed by atoms with Crippen molar-refractivity contribution in [1.29, 1.82) is 0 Å². The third-order valence-electron chi connectivity index (χ3n) is 2.75. The third-order valence-corrected chi connectivity index (χ3v) is 4.75. The smallest absolute Gasteiger partial charge is 0.123 e. The molecule has 0 spiro atoms. The molecule has 0 heterocycles. The Labute approximate surface area is 141 Å². The Morgan fingerprint density at radius 2 is 1.85 bits per heavy atom. The second kappa shape index (κ2) is 6.90. The first-order valence-electron chi connectivity index (χ1n) is 5.72. The largest absolute Gasteiger partial charge is 0.496 e. The van der Waals surface area contributed by atoms with Crippen LogP contribution < -0.4 is 10.1 Å². The van der Waals surface area contributed by atoms with Crippen molar-refractivity contribution in [2.75, 3.05) is 12.4 Å². The second-order valence-corrected chi connectivity index (χ2v) is 6.08. The van der Waals surface area contributed by atoms with Crippen LogP contribution in [0.1, 0.15) is 5.56 Å². The topological polar surface area (TPSA) is 21.3 Å². The maximum atomic E-state index is 6.19. The molecule has 0 fully saturated rings. The van der Waals surface area contributed by atoms with Crippen molar-refractivity contribution >= 4 is 56.4 Å². The van der Waals surface area contributed by atoms with Crippen LogP contribution in [0.2, 0.25) is 15.1 Å². The molecule has 2 rings (SSSR count). The van der Waals surface area contributed by atoms with Crippen LogP contribution >= 0.6 is 50.7 Å². The summed E-state index contributed by atoms with van der Waals surface area (Å²) >= 11 is 21.6. The zero-order valence-corrected chi connectivity index (χ0v) is 14.4. The highest BCUT2D eigenvalue weighted by Crippen LogP contribution is 2.36. The molecule has 0 amide bonds. The third kappa shape index (κ3) is 3.53. The van der Waals surface area contributed by atoms with Crippen LogP contribution in [0.25, 0.3) is 0 Å². The van der Waals surface area contributed by atoms with Gasteiger partial charge in [0.1, 0.15) is 5.75 Å². The van der Waals surface area contributed by atoms with Gasteiger partial charge in [-0.25, -0.2) is 0 Å². The number of methoxy groups -OCH3 is 1. The Hall–Kier alpha value is -0.610. The first kappa shape index (κ1) is 15.8. The molecule has 0 unspecified atom stereocenters. The predicted molar refractivity (Wildman–Crippen MR) is 89.5 cm³/mol. The summed E-state index contributed by atoms with van der Waals surface area (Å²) in [5.74, 6) is 0.765. The van der Waals surface area contributed by atoms with E-state index in [-0.39, 0.29) is 0 Å². The lowest BCUT2D eigenvalue weighted by molar-refractivity contribution is 0.410. The van der Waals surface area contributed by atoms with Gasteiger partial charge < -0.3 is 10.1 Å². The molecule has 2 aromatic rings. The number of hydrogen-bond acceptors (Lipinski definition) is 2. The fourth-order valence-electron chi connectivity index (χ4n) is 1.74. The molecule has 0 aliphatic carbocycles. The maximum Gasteiger partial charge on any atom is 0.123 e. The van der Waals surface area contributed by atoms with E-state index in [2.05, 4.69) is 21.2 Å². The van der Waals surface area contributed by atoms with E-state index in [0.29, 0.717) is 21.6 Å². The van der Waals surface area contributed by atoms with Crippen LogP contribution in [-0.2, 0) is 6.54 Å². The minimum atomic E-state index is 0.474. The molecule has 0 bridgehead atoms. The van der Waals surface area contributed by atoms with Gasteiger partial charge in [-0.3, -0.25) is 0 Å². The average molecular weight is 396 g/mol. The summed E-state index contributed by atoms with van der Waals surface area (Å²) in [7, 11) is 1.62. The van der Waals surface area contributed by atoms with Gasteiger partial charge in [0.05, 0.1) is 22.8 Å². The molecule has 0 saturated carbocycles. The Morgan fingerprint density at radius 3 is 2.55 bits per heavy atom. The van der Waals surface area contributed by atoms with E-state index in [0.717, 1.165) is 21.5 Å². The highest BCUT2D eigenvalue weighted by Gasteiger charge is 2.09. The number of anilines is 1. The van der Waals surface area contributed by atoms with Crippen molar-refractivity contribution < 1.29 is 4.74 Å². The van der Waals surface area contributed by atoms with Crippen molar-refractivity contribution in [2.45, 2.75) is 6.54 Å². The molecule has 2 nitrogen and oxygen atoms in total. The highest BCUT2D eigenvalue weighted by atomic mass is 79.9. The SMILES string of the molecule is COc1ccc(Cl)cc1CNc1ccc(Br)c(Cl)c1Cl. The lowest BCUT2D eigenvalue weighted by Crippen LogP contribution is -2.02. The van der Waals surface area contributed by atoms with Gasteiger partial charge in [-0.15, -0.1) is 0 Å². The zero-order chi connectivity index (χ0) is 14.7. The zero-order valence-electron chi connectivity index (χ0n) is 10.5. The Balaban J connectivity index is 2.21. The van der Waals surface area contributed by atoms with E-state index in [4.69, 9.17) is 39.5 Å². The Kier molecular flexibility index (Phi) is 5.44. The molecule has 0 aliphatic rings. The molecular formula is C14H11BrCl3NO. The van der Waals surface area contributed by atoms with Crippen molar-refractivity contribution in [2.24, 2.45) is 0 Å². The molecule has 0 radical (unpaired) electrons. The molecule has 106 valence electrons. The van der Waals surface area contributed by atoms with Crippen LogP contribution in [0.4, 0.5) is 5.69 Å². The molecule has 0 aromatic heterocycles. The first-order chi connectivity index (χ1) is 9.52. The van der Waals surface area contributed by atoms with Crippen LogP contribution in [0.15, 0.2) is 34.8 Å². The maximum absolute atomic E-state index is 6.19. The molecule has 20 heavy (non-hydrogen) atoms. The van der Waals surface area contributed by atoms with Gasteiger partial charge >= 0.3 is 0 Å². The van der Waals surface area contributed by atoms with Gasteiger partial charge in [0.25, 0.3) is 0 Å². The molecule has 1 N–H and O–H groups in total. The molecule has 0 atom stereocenters. The molecule has 6 heteroatoms. The fourth-order valence-corrected chi connectivity index (χ4v) is 2.77. The van der Waals surface area contributed by atoms with Gasteiger partial charge in [-0.2, -0.15) is 0 Å². The van der Waals surface area contributed by atoms with Crippen molar-refractivity contribution in [3.8, 4) is 5.75 Å². The van der Waals surface area contributed by atoms with Crippen LogP contribution in [0.5, 0.6) is 5.75 Å². The molecule has 0 saturated heterocycles. The number of rotatable bonds is 4. The summed E-state index contributed by atoms with van der Waals surface area (Å²) in [5, 5.41) is 4.83. The molecular weight excluding hydrogens is 384 g/mol. The van der Waals surface area contributed by atoms with Crippen LogP contribution in [-0.4, -0.2) is 7.11 Å². The Bertz CT molecular complexity index is 634. The van der Waals surface area contributed by atoms with Gasteiger partial charge in [-0.1, -0.05) is 34.8 Å². The summed E-state index contributed by atoms with van der Waals surface area (Å²) in [6.45, 7) is 0.529. The van der Waals surface area contributed by atoms with E-state index >= 15 is 0 Å². The van der Waals surface area contributed by atoms with E-state index in [1.165, 1.54) is 0 Å². The number of hydrogen-bond donors (Lipinski definition) is 1. The standard InChI is InChI=1S/C14H11BrCl3NO/c1-20-12-5-2-9(16)6-8(12)7-19-11-4-3-10(15)13(17)14(11)18/h2-6,19H,7H2,1H3. The molecule has 0 aliphatic heterocycles. The number of benzene rings is 2. The fraction of sp³-hybridized carbons (Fsp3) is 0.143. The number of ether oxygens (including phenoxy) is 1. The lowest BCUT2D eigenvalue weighted by atomic mass is 10.2. The van der Waals surface area contributed by atoms with Gasteiger partial charge in [0.2, 0.25) is 0 Å². The first-order valence-corrected chi connectivity index (χ1v) is 7.65. The van der Waals surface area contributed by atoms with Crippen molar-refractivity contribution in [3.63, 3.8) is 0 Å². The summed E-state index contributed by atoms with van der Waals surface area (Å²) in [6.07, 6.45) is 0. The second-order valence-electron chi connectivity index (χ2n) is 4.03. The van der Waals surface area contributed by atoms with Gasteiger partial charge in [-0.05, 0) is 46.3 Å². The summed E-state index contributed by atoms with van der Waals surface area (Å²) in [4.78, 5) is 0. The lowest BCUT2D eigenvalue weighted by Gasteiger charge is -2.13. The summed E-state index contributed by atoms with van der Waals surface area (Å²) in [5.41, 5.74) is 1.69. The summed E-state index contributed by atoms with van der Waals surface area (Å²) in [6, 6.07) is 9.16. The van der Waals surface area contributed by atoms with E-state index in [9.17, 15) is 0 Å². The normalized spacial score (nSPS) is 10.4. The average Bonchev–Trinajstić information content (AvgIpc) is 2.44. The van der Waals surface area contributed by atoms with Crippen molar-refractivity contribution in [3.05, 3.63) is 55.4 Å². The van der Waals surface area contributed by atoms with E-state index in [1.807, 2.05) is 24.3 Å². The monoisotopic (exact) mass is 393 g/mol. The van der Waals surface area contributed by atoms with Crippen LogP contribution in [0, 0.1) is 0 Å². The molecule has 2 aromatic carbocycles. The highest BCUT2D eigenvalue weighted by molar-refractivity contribution is 9.10. The minimum absolute atomic E-state index is 0.474. The quantitative estimate of drug-likeness (QED) is 0.638. The minimum Gasteiger partial charge on any atom is -0.496 e. The summed E-state index contributed by atoms with van der Waals surface area (Å²) < 4.78 is 6.06. The van der Waals surface area contributed by atoms with Gasteiger partial charge in [0, 0.05) is 21.6 Å². The Morgan fingerprint density at radius 1 is 1.10 bits per heavy atom. The van der Waals surface area contributed by atoms with Crippen molar-refractivity contribution in [1.82, 2.24) is 0 Å². The van der Waals surface area contributed by atoms with Crippen LogP contribution in [0.3, 0.4) is 0 Å². The van der Waals surface area contributed by atoms with E-state index in [1.54, 1.807) is 13.2 Å². The number of halogens is 4. The number of nitrogens with one attached hydrogen (secondary N) is 1. The predicted octanol–water partition coefficient (Wildman–Crippen LogP) is 6.03. The van der Waals surface area contributed by atoms with Gasteiger partial charge in [0.15, 0.2) is 0 Å². The van der Waals surface area contributed by atoms with E-state index < -0.39 is 0 Å².